The highest BCUT2D eigenvalue weighted by Gasteiger charge is 2.47. The fourth-order valence-electron chi connectivity index (χ4n) is 4.35. The van der Waals surface area contributed by atoms with Gasteiger partial charge in [0.05, 0.1) is 23.5 Å². The number of benzene rings is 1. The van der Waals surface area contributed by atoms with E-state index < -0.39 is 0 Å². The van der Waals surface area contributed by atoms with Crippen LogP contribution in [0.25, 0.3) is 5.70 Å². The van der Waals surface area contributed by atoms with Gasteiger partial charge in [-0.15, -0.1) is 0 Å². The Morgan fingerprint density at radius 3 is 2.66 bits per heavy atom. The van der Waals surface area contributed by atoms with Gasteiger partial charge in [-0.2, -0.15) is 0 Å². The Morgan fingerprint density at radius 2 is 1.97 bits per heavy atom. The molecule has 2 aromatic rings. The van der Waals surface area contributed by atoms with Crippen molar-refractivity contribution in [2.24, 2.45) is 4.99 Å². The van der Waals surface area contributed by atoms with Crippen molar-refractivity contribution in [2.45, 2.75) is 18.5 Å². The maximum absolute atomic E-state index is 13.0. The molecule has 0 aliphatic carbocycles. The van der Waals surface area contributed by atoms with E-state index >= 15 is 0 Å². The summed E-state index contributed by atoms with van der Waals surface area (Å²) in [5.41, 5.74) is 2.46. The summed E-state index contributed by atoms with van der Waals surface area (Å²) in [5.74, 6) is 1.08. The van der Waals surface area contributed by atoms with Gasteiger partial charge in [0.25, 0.3) is 5.91 Å². The van der Waals surface area contributed by atoms with E-state index in [1.54, 1.807) is 12.5 Å². The number of likely N-dealkylation sites (N-methyl/N-ethyl adjacent to an activating group) is 1. The molecule has 2 fully saturated rings. The summed E-state index contributed by atoms with van der Waals surface area (Å²) >= 11 is 3.43. The van der Waals surface area contributed by atoms with Crippen molar-refractivity contribution in [1.29, 1.82) is 0 Å². The van der Waals surface area contributed by atoms with Crippen LogP contribution < -0.4 is 0 Å². The molecule has 148 valence electrons. The number of carbonyl (C=O) groups is 1. The van der Waals surface area contributed by atoms with Crippen molar-refractivity contribution in [3.8, 4) is 0 Å². The third-order valence-electron chi connectivity index (χ3n) is 5.81. The smallest absolute Gasteiger partial charge is 0.254 e. The maximum atomic E-state index is 13.0. The van der Waals surface area contributed by atoms with Crippen LogP contribution in [0.5, 0.6) is 0 Å². The molecule has 7 nitrogen and oxygen atoms in total. The van der Waals surface area contributed by atoms with Crippen molar-refractivity contribution in [1.82, 2.24) is 24.7 Å². The summed E-state index contributed by atoms with van der Waals surface area (Å²) < 4.78 is 0.981. The Labute approximate surface area is 177 Å². The zero-order valence-electron chi connectivity index (χ0n) is 16.1. The van der Waals surface area contributed by atoms with E-state index in [2.05, 4.69) is 48.8 Å². The lowest BCUT2D eigenvalue weighted by Crippen LogP contribution is -2.54. The summed E-state index contributed by atoms with van der Waals surface area (Å²) in [7, 11) is 2.06. The van der Waals surface area contributed by atoms with Crippen LogP contribution in [0.1, 0.15) is 22.5 Å². The number of aromatic nitrogens is 2. The van der Waals surface area contributed by atoms with Crippen LogP contribution in [0.3, 0.4) is 0 Å². The molecule has 2 bridgehead atoms. The van der Waals surface area contributed by atoms with Gasteiger partial charge in [-0.3, -0.25) is 4.79 Å². The van der Waals surface area contributed by atoms with E-state index in [-0.39, 0.29) is 11.9 Å². The number of nitrogens with zero attached hydrogens (tertiary/aromatic N) is 6. The molecule has 1 unspecified atom stereocenters. The Balaban J connectivity index is 1.34. The molecule has 5 rings (SSSR count). The highest BCUT2D eigenvalue weighted by atomic mass is 79.9. The highest BCUT2D eigenvalue weighted by Crippen LogP contribution is 2.34. The van der Waals surface area contributed by atoms with Gasteiger partial charge in [-0.25, -0.2) is 15.0 Å². The SMILES string of the molecule is CN1CC=C(c2ccncn2)N=C1N1CC2C[C@H]1CN2C(=O)c1ccc(Br)cc1. The summed E-state index contributed by atoms with van der Waals surface area (Å²) in [6.45, 7) is 2.33. The Bertz CT molecular complexity index is 990. The average molecular weight is 453 g/mol. The molecule has 3 aliphatic heterocycles. The zero-order chi connectivity index (χ0) is 20.0. The first-order valence-electron chi connectivity index (χ1n) is 9.69. The molecule has 4 heterocycles. The van der Waals surface area contributed by atoms with Gasteiger partial charge in [-0.05, 0) is 42.8 Å². The van der Waals surface area contributed by atoms with E-state index in [9.17, 15) is 4.79 Å². The Morgan fingerprint density at radius 1 is 1.14 bits per heavy atom. The summed E-state index contributed by atoms with van der Waals surface area (Å²) in [6, 6.07) is 10.0. The largest absolute Gasteiger partial charge is 0.342 e. The van der Waals surface area contributed by atoms with Gasteiger partial charge in [-0.1, -0.05) is 15.9 Å². The number of halogens is 1. The third-order valence-corrected chi connectivity index (χ3v) is 6.34. The first-order valence-corrected chi connectivity index (χ1v) is 10.5. The van der Waals surface area contributed by atoms with E-state index in [1.165, 1.54) is 0 Å². The predicted octanol–water partition coefficient (Wildman–Crippen LogP) is 2.48. The van der Waals surface area contributed by atoms with Gasteiger partial charge >= 0.3 is 0 Å². The van der Waals surface area contributed by atoms with Crippen molar-refractivity contribution in [3.63, 3.8) is 0 Å². The number of amides is 1. The van der Waals surface area contributed by atoms with Gasteiger partial charge in [0.2, 0.25) is 5.96 Å². The molecule has 0 N–H and O–H groups in total. The standard InChI is InChI=1S/C21H21BrN6O/c1-26-9-7-19(18-6-8-23-13-24-18)25-21(26)28-12-16-10-17(28)11-27(16)20(29)14-2-4-15(22)5-3-14/h2-8,13,16-17H,9-12H2,1H3/t16?,17-/m0/s1. The van der Waals surface area contributed by atoms with Crippen molar-refractivity contribution >= 4 is 33.5 Å². The molecule has 1 aromatic heterocycles. The number of likely N-dealkylation sites (tertiary alicyclic amines) is 2. The topological polar surface area (TPSA) is 64.9 Å². The third kappa shape index (κ3) is 3.31. The number of piperazine rings is 1. The minimum atomic E-state index is 0.116. The minimum absolute atomic E-state index is 0.116. The molecule has 2 atom stereocenters. The summed E-state index contributed by atoms with van der Waals surface area (Å²) in [5, 5.41) is 0. The Kier molecular flexibility index (Phi) is 4.58. The van der Waals surface area contributed by atoms with Crippen LogP contribution in [-0.4, -0.2) is 75.3 Å². The zero-order valence-corrected chi connectivity index (χ0v) is 17.7. The minimum Gasteiger partial charge on any atom is -0.342 e. The molecule has 1 amide bonds. The second kappa shape index (κ2) is 7.26. The number of rotatable bonds is 2. The molecule has 8 heteroatoms. The molecule has 0 saturated carbocycles. The highest BCUT2D eigenvalue weighted by molar-refractivity contribution is 9.10. The number of hydrogen-bond acceptors (Lipinski definition) is 6. The van der Waals surface area contributed by atoms with Crippen LogP contribution in [0, 0.1) is 0 Å². The van der Waals surface area contributed by atoms with Crippen LogP contribution in [0.2, 0.25) is 0 Å². The molecular weight excluding hydrogens is 432 g/mol. The fraction of sp³-hybridized carbons (Fsp3) is 0.333. The average Bonchev–Trinajstić information content (AvgIpc) is 3.36. The Hall–Kier alpha value is -2.74. The summed E-state index contributed by atoms with van der Waals surface area (Å²) in [4.78, 5) is 32.7. The second-order valence-electron chi connectivity index (χ2n) is 7.64. The normalized spacial score (nSPS) is 23.3. The molecular formula is C21H21BrN6O. The van der Waals surface area contributed by atoms with Crippen LogP contribution >= 0.6 is 15.9 Å². The fourth-order valence-corrected chi connectivity index (χ4v) is 4.61. The maximum Gasteiger partial charge on any atom is 0.254 e. The summed E-state index contributed by atoms with van der Waals surface area (Å²) in [6.07, 6.45) is 6.36. The quantitative estimate of drug-likeness (QED) is 0.699. The number of aliphatic imine (C=N–C) groups is 1. The van der Waals surface area contributed by atoms with Crippen LogP contribution in [0.15, 0.2) is 58.4 Å². The molecule has 0 spiro atoms. The molecule has 0 radical (unpaired) electrons. The van der Waals surface area contributed by atoms with Gasteiger partial charge < -0.3 is 14.7 Å². The first kappa shape index (κ1) is 18.3. The van der Waals surface area contributed by atoms with E-state index in [1.807, 2.05) is 35.2 Å². The predicted molar refractivity (Wildman–Crippen MR) is 114 cm³/mol. The van der Waals surface area contributed by atoms with Gasteiger partial charge in [0, 0.05) is 42.9 Å². The van der Waals surface area contributed by atoms with E-state index in [0.29, 0.717) is 6.04 Å². The molecule has 3 aliphatic rings. The van der Waals surface area contributed by atoms with Crippen LogP contribution in [0.4, 0.5) is 0 Å². The lowest BCUT2D eigenvalue weighted by atomic mass is 10.2. The van der Waals surface area contributed by atoms with Crippen molar-refractivity contribution in [2.75, 3.05) is 26.7 Å². The number of hydrogen-bond donors (Lipinski definition) is 0. The van der Waals surface area contributed by atoms with E-state index in [4.69, 9.17) is 4.99 Å². The second-order valence-corrected chi connectivity index (χ2v) is 8.55. The van der Waals surface area contributed by atoms with Crippen molar-refractivity contribution < 1.29 is 4.79 Å². The molecule has 29 heavy (non-hydrogen) atoms. The lowest BCUT2D eigenvalue weighted by molar-refractivity contribution is 0.0670. The first-order chi connectivity index (χ1) is 14.1. The number of carbonyl (C=O) groups excluding carboxylic acids is 1. The van der Waals surface area contributed by atoms with E-state index in [0.717, 1.165) is 53.4 Å². The lowest BCUT2D eigenvalue weighted by Gasteiger charge is -2.39. The monoisotopic (exact) mass is 452 g/mol. The van der Waals surface area contributed by atoms with Gasteiger partial charge in [0.1, 0.15) is 6.33 Å². The van der Waals surface area contributed by atoms with Crippen LogP contribution in [-0.2, 0) is 0 Å². The molecule has 1 aromatic carbocycles. The molecule has 2 saturated heterocycles. The number of guanidine groups is 1. The number of fused-ring (bicyclic) bond motifs is 2. The van der Waals surface area contributed by atoms with Crippen molar-refractivity contribution in [3.05, 3.63) is 64.7 Å². The van der Waals surface area contributed by atoms with Gasteiger partial charge in [0.15, 0.2) is 0 Å².